The molecule has 3 atom stereocenters. The van der Waals surface area contributed by atoms with Crippen molar-refractivity contribution in [3.63, 3.8) is 0 Å². The molecule has 1 heterocycles. The number of hydrogen-bond acceptors (Lipinski definition) is 5. The highest BCUT2D eigenvalue weighted by molar-refractivity contribution is 6.05. The number of carbonyl (C=O) groups is 2. The van der Waals surface area contributed by atoms with Crippen molar-refractivity contribution in [3.8, 4) is 16.9 Å². The summed E-state index contributed by atoms with van der Waals surface area (Å²) in [6.07, 6.45) is -0.112. The van der Waals surface area contributed by atoms with Crippen molar-refractivity contribution in [1.29, 1.82) is 0 Å². The number of methoxy groups -OCH3 is 1. The van der Waals surface area contributed by atoms with Crippen LogP contribution in [-0.2, 0) is 4.74 Å². The van der Waals surface area contributed by atoms with Crippen LogP contribution in [0.2, 0.25) is 0 Å². The van der Waals surface area contributed by atoms with Crippen molar-refractivity contribution in [1.82, 2.24) is 10.2 Å². The Hall–Kier alpha value is -3.68. The second-order valence-corrected chi connectivity index (χ2v) is 9.67. The molecule has 2 amide bonds. The van der Waals surface area contributed by atoms with Crippen molar-refractivity contribution in [2.75, 3.05) is 39.2 Å². The normalized spacial score (nSPS) is 20.7. The summed E-state index contributed by atoms with van der Waals surface area (Å²) in [6, 6.07) is 22.7. The molecular weight excluding hydrogens is 466 g/mol. The topological polar surface area (TPSA) is 79.9 Å². The molecule has 0 saturated heterocycles. The summed E-state index contributed by atoms with van der Waals surface area (Å²) in [7, 11) is 3.43. The Kier molecular flexibility index (Phi) is 8.58. The Morgan fingerprint density at radius 1 is 1.03 bits per heavy atom. The van der Waals surface area contributed by atoms with Crippen molar-refractivity contribution in [2.45, 2.75) is 26.0 Å². The molecule has 0 aromatic heterocycles. The molecular formula is C30H35N3O4. The molecule has 3 aromatic rings. The zero-order chi connectivity index (χ0) is 26.4. The number of rotatable bonds is 4. The zero-order valence-corrected chi connectivity index (χ0v) is 21.9. The molecule has 0 spiro atoms. The highest BCUT2D eigenvalue weighted by atomic mass is 16.5. The zero-order valence-electron chi connectivity index (χ0n) is 21.9. The minimum Gasteiger partial charge on any atom is -0.491 e. The van der Waals surface area contributed by atoms with Gasteiger partial charge in [0.2, 0.25) is 0 Å². The van der Waals surface area contributed by atoms with E-state index in [-0.39, 0.29) is 29.9 Å². The van der Waals surface area contributed by atoms with Crippen LogP contribution in [0, 0.1) is 5.92 Å². The second kappa shape index (κ2) is 12.0. The first-order chi connectivity index (χ1) is 17.9. The van der Waals surface area contributed by atoms with Crippen molar-refractivity contribution >= 4 is 17.5 Å². The SMILES string of the molecule is CO[C@@H]1CN(C)C(=O)c2cc(NC(=O)c3ccc(-c4ccccc4)cc3)ccc2OC[C@@H](C)NC[C@@H]1C. The van der Waals surface area contributed by atoms with Crippen LogP contribution >= 0.6 is 0 Å². The maximum Gasteiger partial charge on any atom is 0.257 e. The first-order valence-electron chi connectivity index (χ1n) is 12.6. The Morgan fingerprint density at radius 2 is 1.73 bits per heavy atom. The van der Waals surface area contributed by atoms with Gasteiger partial charge in [-0.1, -0.05) is 49.4 Å². The van der Waals surface area contributed by atoms with E-state index in [0.29, 0.717) is 35.7 Å². The van der Waals surface area contributed by atoms with Gasteiger partial charge >= 0.3 is 0 Å². The molecule has 4 rings (SSSR count). The summed E-state index contributed by atoms with van der Waals surface area (Å²) >= 11 is 0. The second-order valence-electron chi connectivity index (χ2n) is 9.67. The van der Waals surface area contributed by atoms with Gasteiger partial charge in [0.15, 0.2) is 0 Å². The number of likely N-dealkylation sites (N-methyl/N-ethyl adjacent to an activating group) is 1. The van der Waals surface area contributed by atoms with E-state index in [0.717, 1.165) is 17.7 Å². The summed E-state index contributed by atoms with van der Waals surface area (Å²) in [5, 5.41) is 6.40. The molecule has 0 bridgehead atoms. The van der Waals surface area contributed by atoms with Gasteiger partial charge in [-0.3, -0.25) is 9.59 Å². The minimum absolute atomic E-state index is 0.0956. The monoisotopic (exact) mass is 501 g/mol. The van der Waals surface area contributed by atoms with Gasteiger partial charge in [0, 0.05) is 44.5 Å². The average molecular weight is 502 g/mol. The number of nitrogens with zero attached hydrogens (tertiary/aromatic N) is 1. The summed E-state index contributed by atoms with van der Waals surface area (Å²) in [5.74, 6) is 0.257. The summed E-state index contributed by atoms with van der Waals surface area (Å²) < 4.78 is 11.7. The van der Waals surface area contributed by atoms with E-state index in [1.807, 2.05) is 49.4 Å². The molecule has 3 aromatic carbocycles. The molecule has 0 saturated carbocycles. The lowest BCUT2D eigenvalue weighted by Crippen LogP contribution is -2.44. The van der Waals surface area contributed by atoms with Crippen LogP contribution in [0.5, 0.6) is 5.75 Å². The van der Waals surface area contributed by atoms with Crippen LogP contribution in [0.3, 0.4) is 0 Å². The van der Waals surface area contributed by atoms with Gasteiger partial charge in [0.1, 0.15) is 12.4 Å². The Bertz CT molecular complexity index is 1210. The number of carbonyl (C=O) groups excluding carboxylic acids is 2. The number of amides is 2. The fraction of sp³-hybridized carbons (Fsp3) is 0.333. The van der Waals surface area contributed by atoms with Crippen LogP contribution in [-0.4, -0.2) is 62.7 Å². The first kappa shape index (κ1) is 26.4. The number of hydrogen-bond donors (Lipinski definition) is 2. The van der Waals surface area contributed by atoms with E-state index in [1.165, 1.54) is 0 Å². The van der Waals surface area contributed by atoms with Gasteiger partial charge in [-0.15, -0.1) is 0 Å². The van der Waals surface area contributed by atoms with E-state index >= 15 is 0 Å². The molecule has 7 heteroatoms. The largest absolute Gasteiger partial charge is 0.491 e. The van der Waals surface area contributed by atoms with Crippen LogP contribution < -0.4 is 15.4 Å². The van der Waals surface area contributed by atoms with E-state index in [1.54, 1.807) is 49.4 Å². The maximum absolute atomic E-state index is 13.4. The molecule has 194 valence electrons. The summed E-state index contributed by atoms with van der Waals surface area (Å²) in [6.45, 7) is 5.76. The molecule has 37 heavy (non-hydrogen) atoms. The number of anilines is 1. The van der Waals surface area contributed by atoms with E-state index < -0.39 is 0 Å². The molecule has 0 radical (unpaired) electrons. The third kappa shape index (κ3) is 6.56. The Labute approximate surface area is 218 Å². The molecule has 1 aliphatic rings. The molecule has 0 aliphatic carbocycles. The molecule has 0 fully saturated rings. The number of ether oxygens (including phenoxy) is 2. The minimum atomic E-state index is -0.250. The predicted molar refractivity (Wildman–Crippen MR) is 146 cm³/mol. The quantitative estimate of drug-likeness (QED) is 0.542. The van der Waals surface area contributed by atoms with Gasteiger partial charge in [0.05, 0.1) is 11.7 Å². The Balaban J connectivity index is 1.55. The predicted octanol–water partition coefficient (Wildman–Crippen LogP) is 4.70. The van der Waals surface area contributed by atoms with Gasteiger partial charge in [0.25, 0.3) is 11.8 Å². The summed E-state index contributed by atoms with van der Waals surface area (Å²) in [5.41, 5.74) is 3.58. The van der Waals surface area contributed by atoms with Crippen LogP contribution in [0.1, 0.15) is 34.6 Å². The fourth-order valence-corrected chi connectivity index (χ4v) is 4.39. The number of nitrogens with one attached hydrogen (secondary N) is 2. The van der Waals surface area contributed by atoms with Gasteiger partial charge in [-0.25, -0.2) is 0 Å². The molecule has 7 nitrogen and oxygen atoms in total. The molecule has 0 unspecified atom stereocenters. The highest BCUT2D eigenvalue weighted by Gasteiger charge is 2.25. The third-order valence-corrected chi connectivity index (χ3v) is 6.74. The third-order valence-electron chi connectivity index (χ3n) is 6.74. The van der Waals surface area contributed by atoms with Crippen molar-refractivity contribution in [3.05, 3.63) is 83.9 Å². The van der Waals surface area contributed by atoms with Gasteiger partial charge < -0.3 is 25.0 Å². The highest BCUT2D eigenvalue weighted by Crippen LogP contribution is 2.26. The van der Waals surface area contributed by atoms with Crippen LogP contribution in [0.25, 0.3) is 11.1 Å². The van der Waals surface area contributed by atoms with Gasteiger partial charge in [-0.05, 0) is 54.3 Å². The maximum atomic E-state index is 13.4. The smallest absolute Gasteiger partial charge is 0.257 e. The van der Waals surface area contributed by atoms with Gasteiger partial charge in [-0.2, -0.15) is 0 Å². The standard InChI is InChI=1S/C30H35N3O4/c1-20-17-31-21(2)19-37-27-15-14-25(16-26(27)30(35)33(3)18-28(20)36-4)32-29(34)24-12-10-23(11-13-24)22-8-6-5-7-9-22/h5-16,20-21,28,31H,17-19H2,1-4H3,(H,32,34)/t20-,21+,28+/m0/s1. The average Bonchev–Trinajstić information content (AvgIpc) is 2.93. The van der Waals surface area contributed by atoms with Crippen molar-refractivity contribution < 1.29 is 19.1 Å². The molecule has 1 aliphatic heterocycles. The van der Waals surface area contributed by atoms with E-state index in [2.05, 4.69) is 17.6 Å². The van der Waals surface area contributed by atoms with E-state index in [9.17, 15) is 9.59 Å². The summed E-state index contributed by atoms with van der Waals surface area (Å²) in [4.78, 5) is 28.1. The lowest BCUT2D eigenvalue weighted by Gasteiger charge is -2.30. The lowest BCUT2D eigenvalue weighted by atomic mass is 10.0. The lowest BCUT2D eigenvalue weighted by molar-refractivity contribution is 0.0281. The number of benzene rings is 3. The Morgan fingerprint density at radius 3 is 2.43 bits per heavy atom. The van der Waals surface area contributed by atoms with E-state index in [4.69, 9.17) is 9.47 Å². The number of fused-ring (bicyclic) bond motifs is 1. The van der Waals surface area contributed by atoms with Crippen LogP contribution in [0.15, 0.2) is 72.8 Å². The fourth-order valence-electron chi connectivity index (χ4n) is 4.39. The first-order valence-corrected chi connectivity index (χ1v) is 12.6. The van der Waals surface area contributed by atoms with Crippen molar-refractivity contribution in [2.24, 2.45) is 5.92 Å². The van der Waals surface area contributed by atoms with Crippen LogP contribution in [0.4, 0.5) is 5.69 Å². The molecule has 2 N–H and O–H groups in total.